The second-order valence-electron chi connectivity index (χ2n) is 3.26. The Morgan fingerprint density at radius 1 is 1.47 bits per heavy atom. The minimum Gasteiger partial charge on any atom is -0.481 e. The van der Waals surface area contributed by atoms with Gasteiger partial charge in [0.05, 0.1) is 5.92 Å². The lowest BCUT2D eigenvalue weighted by atomic mass is 10.1. The Bertz CT molecular complexity index is 354. The number of aliphatic carboxylic acids is 1. The van der Waals surface area contributed by atoms with E-state index in [4.69, 9.17) is 5.11 Å². The molecule has 0 amide bonds. The van der Waals surface area contributed by atoms with Crippen molar-refractivity contribution in [1.29, 1.82) is 0 Å². The van der Waals surface area contributed by atoms with Crippen LogP contribution in [0.3, 0.4) is 0 Å². The molecule has 15 heavy (non-hydrogen) atoms. The summed E-state index contributed by atoms with van der Waals surface area (Å²) >= 11 is 0. The summed E-state index contributed by atoms with van der Waals surface area (Å²) in [5, 5.41) is 8.78. The summed E-state index contributed by atoms with van der Waals surface area (Å²) in [4.78, 5) is 10.7. The van der Waals surface area contributed by atoms with Gasteiger partial charge < -0.3 is 5.11 Å². The first-order valence-electron chi connectivity index (χ1n) is 4.80. The van der Waals surface area contributed by atoms with E-state index < -0.39 is 11.9 Å². The average Bonchev–Trinajstić information content (AvgIpc) is 2.21. The number of carboxylic acid groups (broad SMARTS) is 1. The molecule has 1 rings (SSSR count). The third-order valence-corrected chi connectivity index (χ3v) is 2.15. The van der Waals surface area contributed by atoms with E-state index >= 15 is 0 Å². The van der Waals surface area contributed by atoms with Crippen LogP contribution in [0.1, 0.15) is 18.9 Å². The van der Waals surface area contributed by atoms with E-state index in [1.165, 1.54) is 12.1 Å². The number of hydrogen-bond donors (Lipinski definition) is 1. The SMILES string of the molecule is CC[C@@H](/C=C/c1ccc(F)cc1)C(=O)O. The number of halogens is 1. The lowest BCUT2D eigenvalue weighted by molar-refractivity contribution is -0.140. The lowest BCUT2D eigenvalue weighted by Crippen LogP contribution is -2.08. The number of hydrogen-bond acceptors (Lipinski definition) is 1. The van der Waals surface area contributed by atoms with Crippen LogP contribution in [0.4, 0.5) is 4.39 Å². The van der Waals surface area contributed by atoms with Crippen LogP contribution in [0.25, 0.3) is 6.08 Å². The monoisotopic (exact) mass is 208 g/mol. The molecule has 1 N–H and O–H groups in total. The molecular formula is C12H13FO2. The van der Waals surface area contributed by atoms with Crippen LogP contribution in [0.15, 0.2) is 30.3 Å². The maximum atomic E-state index is 12.6. The average molecular weight is 208 g/mol. The summed E-state index contributed by atoms with van der Waals surface area (Å²) in [6.45, 7) is 1.81. The van der Waals surface area contributed by atoms with Crippen molar-refractivity contribution in [3.8, 4) is 0 Å². The Labute approximate surface area is 88.1 Å². The number of rotatable bonds is 4. The molecule has 0 fully saturated rings. The first-order chi connectivity index (χ1) is 7.13. The summed E-state index contributed by atoms with van der Waals surface area (Å²) in [5.74, 6) is -1.61. The first kappa shape index (κ1) is 11.4. The molecule has 0 heterocycles. The second kappa shape index (κ2) is 5.29. The van der Waals surface area contributed by atoms with Gasteiger partial charge in [-0.2, -0.15) is 0 Å². The van der Waals surface area contributed by atoms with E-state index in [0.29, 0.717) is 6.42 Å². The Hall–Kier alpha value is -1.64. The fourth-order valence-electron chi connectivity index (χ4n) is 1.19. The number of benzene rings is 1. The van der Waals surface area contributed by atoms with Crippen molar-refractivity contribution in [1.82, 2.24) is 0 Å². The normalized spacial score (nSPS) is 12.9. The van der Waals surface area contributed by atoms with Crippen LogP contribution in [0.5, 0.6) is 0 Å². The molecule has 2 nitrogen and oxygen atoms in total. The summed E-state index contributed by atoms with van der Waals surface area (Å²) in [6, 6.07) is 5.92. The fourth-order valence-corrected chi connectivity index (χ4v) is 1.19. The van der Waals surface area contributed by atoms with Crippen molar-refractivity contribution >= 4 is 12.0 Å². The molecule has 0 aliphatic heterocycles. The second-order valence-corrected chi connectivity index (χ2v) is 3.26. The van der Waals surface area contributed by atoms with Crippen molar-refractivity contribution in [3.63, 3.8) is 0 Å². The molecule has 1 aromatic rings. The fraction of sp³-hybridized carbons (Fsp3) is 0.250. The highest BCUT2D eigenvalue weighted by atomic mass is 19.1. The Balaban J connectivity index is 2.72. The predicted octanol–water partition coefficient (Wildman–Crippen LogP) is 2.95. The minimum absolute atomic E-state index is 0.294. The van der Waals surface area contributed by atoms with E-state index in [-0.39, 0.29) is 5.82 Å². The van der Waals surface area contributed by atoms with E-state index in [2.05, 4.69) is 0 Å². The zero-order valence-electron chi connectivity index (χ0n) is 8.48. The van der Waals surface area contributed by atoms with Gasteiger partial charge >= 0.3 is 5.97 Å². The van der Waals surface area contributed by atoms with Gasteiger partial charge in [0, 0.05) is 0 Å². The molecule has 0 aliphatic carbocycles. The molecule has 0 aliphatic rings. The highest BCUT2D eigenvalue weighted by Gasteiger charge is 2.09. The van der Waals surface area contributed by atoms with Crippen molar-refractivity contribution in [2.45, 2.75) is 13.3 Å². The molecule has 1 atom stereocenters. The van der Waals surface area contributed by atoms with Gasteiger partial charge in [-0.3, -0.25) is 4.79 Å². The molecule has 0 saturated carbocycles. The van der Waals surface area contributed by atoms with Gasteiger partial charge in [-0.05, 0) is 24.1 Å². The lowest BCUT2D eigenvalue weighted by Gasteiger charge is -2.02. The van der Waals surface area contributed by atoms with Gasteiger partial charge in [-0.15, -0.1) is 0 Å². The topological polar surface area (TPSA) is 37.3 Å². The van der Waals surface area contributed by atoms with Crippen molar-refractivity contribution in [2.75, 3.05) is 0 Å². The number of carboxylic acids is 1. The van der Waals surface area contributed by atoms with Crippen LogP contribution in [0, 0.1) is 11.7 Å². The van der Waals surface area contributed by atoms with Gasteiger partial charge in [0.1, 0.15) is 5.82 Å². The van der Waals surface area contributed by atoms with Gasteiger partial charge in [-0.1, -0.05) is 31.2 Å². The Kier molecular flexibility index (Phi) is 4.03. The predicted molar refractivity (Wildman–Crippen MR) is 56.9 cm³/mol. The third kappa shape index (κ3) is 3.54. The molecule has 0 bridgehead atoms. The maximum absolute atomic E-state index is 12.6. The molecule has 80 valence electrons. The smallest absolute Gasteiger partial charge is 0.310 e. The third-order valence-electron chi connectivity index (χ3n) is 2.15. The summed E-state index contributed by atoms with van der Waals surface area (Å²) < 4.78 is 12.6. The van der Waals surface area contributed by atoms with Crippen LogP contribution < -0.4 is 0 Å². The quantitative estimate of drug-likeness (QED) is 0.825. The Morgan fingerprint density at radius 2 is 2.07 bits per heavy atom. The summed E-state index contributed by atoms with van der Waals surface area (Å²) in [5.41, 5.74) is 0.802. The molecule has 1 aromatic carbocycles. The summed E-state index contributed by atoms with van der Waals surface area (Å²) in [7, 11) is 0. The van der Waals surface area contributed by atoms with E-state index in [1.54, 1.807) is 24.3 Å². The van der Waals surface area contributed by atoms with E-state index in [0.717, 1.165) is 5.56 Å². The van der Waals surface area contributed by atoms with Crippen LogP contribution in [0.2, 0.25) is 0 Å². The molecule has 0 radical (unpaired) electrons. The minimum atomic E-state index is -0.837. The number of carbonyl (C=O) groups is 1. The standard InChI is InChI=1S/C12H13FO2/c1-2-10(12(14)15)6-3-9-4-7-11(13)8-5-9/h3-8,10H,2H2,1H3,(H,14,15)/b6-3+/t10-/m0/s1. The van der Waals surface area contributed by atoms with Crippen LogP contribution in [-0.2, 0) is 4.79 Å². The van der Waals surface area contributed by atoms with Crippen molar-refractivity contribution < 1.29 is 14.3 Å². The van der Waals surface area contributed by atoms with Gasteiger partial charge in [-0.25, -0.2) is 4.39 Å². The van der Waals surface area contributed by atoms with Crippen LogP contribution in [-0.4, -0.2) is 11.1 Å². The molecule has 0 saturated heterocycles. The van der Waals surface area contributed by atoms with Crippen molar-refractivity contribution in [2.24, 2.45) is 5.92 Å². The molecular weight excluding hydrogens is 195 g/mol. The van der Waals surface area contributed by atoms with Crippen molar-refractivity contribution in [3.05, 3.63) is 41.7 Å². The highest BCUT2D eigenvalue weighted by Crippen LogP contribution is 2.10. The largest absolute Gasteiger partial charge is 0.481 e. The van der Waals surface area contributed by atoms with E-state index in [1.807, 2.05) is 6.92 Å². The highest BCUT2D eigenvalue weighted by molar-refractivity contribution is 5.73. The summed E-state index contributed by atoms with van der Waals surface area (Å²) in [6.07, 6.45) is 3.87. The first-order valence-corrected chi connectivity index (χ1v) is 4.80. The molecule has 3 heteroatoms. The zero-order valence-corrected chi connectivity index (χ0v) is 8.48. The van der Waals surface area contributed by atoms with Gasteiger partial charge in [0.2, 0.25) is 0 Å². The van der Waals surface area contributed by atoms with Crippen LogP contribution >= 0.6 is 0 Å². The van der Waals surface area contributed by atoms with Gasteiger partial charge in [0.15, 0.2) is 0 Å². The van der Waals surface area contributed by atoms with Gasteiger partial charge in [0.25, 0.3) is 0 Å². The molecule has 0 spiro atoms. The molecule has 0 aromatic heterocycles. The Morgan fingerprint density at radius 3 is 2.53 bits per heavy atom. The molecule has 0 unspecified atom stereocenters. The maximum Gasteiger partial charge on any atom is 0.310 e. The zero-order chi connectivity index (χ0) is 11.3. The van der Waals surface area contributed by atoms with E-state index in [9.17, 15) is 9.18 Å².